The van der Waals surface area contributed by atoms with Crippen LogP contribution in [0.2, 0.25) is 0 Å². The van der Waals surface area contributed by atoms with E-state index in [0.717, 1.165) is 39.9 Å². The van der Waals surface area contributed by atoms with Gasteiger partial charge in [-0.05, 0) is 103 Å². The van der Waals surface area contributed by atoms with Crippen LogP contribution >= 0.6 is 0 Å². The first-order chi connectivity index (χ1) is 31.4. The Morgan fingerprint density at radius 1 is 0.677 bits per heavy atom. The Morgan fingerprint density at radius 2 is 1.29 bits per heavy atom. The summed E-state index contributed by atoms with van der Waals surface area (Å²) in [4.78, 5) is 53.1. The lowest BCUT2D eigenvalue weighted by molar-refractivity contribution is -0.136. The number of nitrogens with zero attached hydrogens (tertiary/aromatic N) is 2. The summed E-state index contributed by atoms with van der Waals surface area (Å²) in [5, 5.41) is 13.9. The predicted molar refractivity (Wildman–Crippen MR) is 239 cm³/mol. The molecule has 7 rings (SSSR count). The number of carbonyl (C=O) groups is 4. The molecule has 2 heterocycles. The SMILES string of the molecule is CCN(CCOCCOCCOCCOc1ccc2c(c1)C(=O)N(C1CCC(=O)NC1=O)C2=O)CCOc1ccc(Oc2c(-c3ccc(S(C)(=O)=O)cc3)ccc3cc(O)ccc23)cc1. The van der Waals surface area contributed by atoms with Crippen LogP contribution in [-0.2, 0) is 33.6 Å². The van der Waals surface area contributed by atoms with Crippen LogP contribution in [0.3, 0.4) is 0 Å². The molecular formula is C48H51N3O13S. The van der Waals surface area contributed by atoms with Gasteiger partial charge in [0.1, 0.15) is 48.0 Å². The molecule has 1 atom stereocenters. The largest absolute Gasteiger partial charge is 0.508 e. The van der Waals surface area contributed by atoms with Crippen molar-refractivity contribution >= 4 is 44.2 Å². The average molecular weight is 910 g/mol. The second-order valence-electron chi connectivity index (χ2n) is 15.3. The summed E-state index contributed by atoms with van der Waals surface area (Å²) in [5.74, 6) is 0.112. The molecule has 2 aliphatic rings. The number of phenolic OH excluding ortho intramolecular Hbond substituents is 1. The molecule has 0 aliphatic carbocycles. The van der Waals surface area contributed by atoms with E-state index in [1.807, 2.05) is 36.4 Å². The summed E-state index contributed by atoms with van der Waals surface area (Å²) in [6.45, 7) is 7.40. The molecule has 2 N–H and O–H groups in total. The molecule has 2 aliphatic heterocycles. The summed E-state index contributed by atoms with van der Waals surface area (Å²) >= 11 is 0. The van der Waals surface area contributed by atoms with Gasteiger partial charge in [0, 0.05) is 36.7 Å². The third kappa shape index (κ3) is 11.9. The first-order valence-electron chi connectivity index (χ1n) is 21.3. The second kappa shape index (κ2) is 21.5. The van der Waals surface area contributed by atoms with Gasteiger partial charge in [0.15, 0.2) is 9.84 Å². The molecule has 5 aromatic rings. The highest BCUT2D eigenvalue weighted by Gasteiger charge is 2.44. The summed E-state index contributed by atoms with van der Waals surface area (Å²) < 4.78 is 59.3. The monoisotopic (exact) mass is 909 g/mol. The van der Waals surface area contributed by atoms with Crippen molar-refractivity contribution in [2.45, 2.75) is 30.7 Å². The standard InChI is InChI=1S/C48H51N3O13S/c1-3-50(20-22-59-24-25-60-26-27-61-28-29-63-37-12-17-41-42(31-37)48(56)51(47(41)55)43-18-19-44(53)49-46(43)54)21-23-62-35-8-10-36(11-9-35)64-45-39(15-6-33-30-34(52)7-16-40(33)45)32-4-13-38(14-5-32)65(2,57)58/h4-17,30-31,43,52H,3,18-29H2,1-2H3,(H,49,53,54). The van der Waals surface area contributed by atoms with E-state index >= 15 is 0 Å². The van der Waals surface area contributed by atoms with Crippen molar-refractivity contribution in [3.8, 4) is 39.9 Å². The fraction of sp³-hybridized carbons (Fsp3) is 0.333. The van der Waals surface area contributed by atoms with E-state index in [2.05, 4.69) is 17.1 Å². The van der Waals surface area contributed by atoms with E-state index in [4.69, 9.17) is 28.4 Å². The van der Waals surface area contributed by atoms with Gasteiger partial charge in [-0.25, -0.2) is 8.42 Å². The molecule has 0 aromatic heterocycles. The van der Waals surface area contributed by atoms with Crippen LogP contribution in [0.15, 0.2) is 102 Å². The lowest BCUT2D eigenvalue weighted by Crippen LogP contribution is -2.54. The molecule has 65 heavy (non-hydrogen) atoms. The Kier molecular flexibility index (Phi) is 15.4. The lowest BCUT2D eigenvalue weighted by Gasteiger charge is -2.27. The van der Waals surface area contributed by atoms with Crippen LogP contribution < -0.4 is 19.5 Å². The van der Waals surface area contributed by atoms with Crippen molar-refractivity contribution in [3.63, 3.8) is 0 Å². The first-order valence-corrected chi connectivity index (χ1v) is 23.2. The maximum atomic E-state index is 13.0. The van der Waals surface area contributed by atoms with Gasteiger partial charge >= 0.3 is 0 Å². The topological polar surface area (TPSA) is 197 Å². The molecular weight excluding hydrogens is 859 g/mol. The summed E-state index contributed by atoms with van der Waals surface area (Å²) in [5.41, 5.74) is 1.89. The van der Waals surface area contributed by atoms with Crippen molar-refractivity contribution in [3.05, 3.63) is 108 Å². The van der Waals surface area contributed by atoms with E-state index < -0.39 is 39.5 Å². The predicted octanol–water partition coefficient (Wildman–Crippen LogP) is 5.64. The van der Waals surface area contributed by atoms with Crippen LogP contribution in [0.5, 0.6) is 28.7 Å². The molecule has 1 saturated heterocycles. The van der Waals surface area contributed by atoms with Crippen molar-refractivity contribution in [1.29, 1.82) is 0 Å². The number of fused-ring (bicyclic) bond motifs is 2. The molecule has 0 saturated carbocycles. The molecule has 4 amide bonds. The van der Waals surface area contributed by atoms with Crippen LogP contribution in [-0.4, -0.2) is 132 Å². The van der Waals surface area contributed by atoms with Gasteiger partial charge in [-0.3, -0.25) is 34.3 Å². The Balaban J connectivity index is 0.757. The molecule has 1 fully saturated rings. The Bertz CT molecular complexity index is 2620. The molecule has 16 nitrogen and oxygen atoms in total. The number of amides is 4. The Hall–Kier alpha value is -6.37. The number of aromatic hydroxyl groups is 1. The second-order valence-corrected chi connectivity index (χ2v) is 17.4. The maximum Gasteiger partial charge on any atom is 0.262 e. The van der Waals surface area contributed by atoms with Crippen LogP contribution in [0.4, 0.5) is 0 Å². The van der Waals surface area contributed by atoms with Gasteiger partial charge < -0.3 is 33.5 Å². The number of hydrogen-bond acceptors (Lipinski definition) is 14. The molecule has 0 radical (unpaired) electrons. The summed E-state index contributed by atoms with van der Waals surface area (Å²) in [7, 11) is -3.35. The van der Waals surface area contributed by atoms with E-state index in [0.29, 0.717) is 69.2 Å². The third-order valence-corrected chi connectivity index (χ3v) is 12.0. The zero-order valence-electron chi connectivity index (χ0n) is 36.2. The fourth-order valence-corrected chi connectivity index (χ4v) is 8.07. The van der Waals surface area contributed by atoms with Crippen LogP contribution in [0, 0.1) is 0 Å². The van der Waals surface area contributed by atoms with Gasteiger partial charge in [-0.15, -0.1) is 0 Å². The molecule has 5 aromatic carbocycles. The van der Waals surface area contributed by atoms with E-state index in [1.165, 1.54) is 18.4 Å². The quantitative estimate of drug-likeness (QED) is 0.0604. The molecule has 0 bridgehead atoms. The zero-order valence-corrected chi connectivity index (χ0v) is 37.0. The Labute approximate surface area is 376 Å². The van der Waals surface area contributed by atoms with Gasteiger partial charge in [-0.1, -0.05) is 25.1 Å². The maximum absolute atomic E-state index is 13.0. The minimum Gasteiger partial charge on any atom is -0.508 e. The zero-order chi connectivity index (χ0) is 45.9. The number of benzene rings is 5. The molecule has 1 unspecified atom stereocenters. The van der Waals surface area contributed by atoms with Crippen molar-refractivity contribution in [2.75, 3.05) is 78.7 Å². The number of phenols is 1. The van der Waals surface area contributed by atoms with Crippen LogP contribution in [0.1, 0.15) is 40.5 Å². The number of ether oxygens (including phenoxy) is 6. The normalized spacial score (nSPS) is 15.1. The molecule has 342 valence electrons. The fourth-order valence-electron chi connectivity index (χ4n) is 7.44. The molecule has 17 heteroatoms. The van der Waals surface area contributed by atoms with Gasteiger partial charge in [0.2, 0.25) is 11.8 Å². The van der Waals surface area contributed by atoms with E-state index in [-0.39, 0.29) is 47.8 Å². The number of hydrogen-bond donors (Lipinski definition) is 2. The lowest BCUT2D eigenvalue weighted by atomic mass is 9.99. The number of carbonyl (C=O) groups excluding carboxylic acids is 4. The highest BCUT2D eigenvalue weighted by molar-refractivity contribution is 7.90. The van der Waals surface area contributed by atoms with Crippen molar-refractivity contribution in [2.24, 2.45) is 0 Å². The van der Waals surface area contributed by atoms with Gasteiger partial charge in [0.25, 0.3) is 11.8 Å². The highest BCUT2D eigenvalue weighted by Crippen LogP contribution is 2.41. The van der Waals surface area contributed by atoms with Crippen molar-refractivity contribution in [1.82, 2.24) is 15.1 Å². The minimum absolute atomic E-state index is 0.0522. The van der Waals surface area contributed by atoms with Crippen molar-refractivity contribution < 1.29 is 61.1 Å². The third-order valence-electron chi connectivity index (χ3n) is 10.9. The Morgan fingerprint density at radius 3 is 1.98 bits per heavy atom. The average Bonchev–Trinajstić information content (AvgIpc) is 3.53. The summed E-state index contributed by atoms with van der Waals surface area (Å²) in [6.07, 6.45) is 1.31. The van der Waals surface area contributed by atoms with Gasteiger partial charge in [-0.2, -0.15) is 0 Å². The minimum atomic E-state index is -3.35. The summed E-state index contributed by atoms with van der Waals surface area (Å²) in [6, 6.07) is 26.4. The number of likely N-dealkylation sites (N-methyl/N-ethyl adjacent to an activating group) is 1. The first kappa shape index (κ1) is 46.6. The number of imide groups is 2. The number of rotatable bonds is 23. The molecule has 0 spiro atoms. The van der Waals surface area contributed by atoms with Gasteiger partial charge in [0.05, 0.1) is 55.7 Å². The number of piperidine rings is 1. The number of sulfone groups is 1. The van der Waals surface area contributed by atoms with Crippen LogP contribution in [0.25, 0.3) is 21.9 Å². The van der Waals surface area contributed by atoms with E-state index in [9.17, 15) is 32.7 Å². The van der Waals surface area contributed by atoms with E-state index in [1.54, 1.807) is 48.5 Å². The smallest absolute Gasteiger partial charge is 0.262 e. The number of nitrogens with one attached hydrogen (secondary N) is 1. The highest BCUT2D eigenvalue weighted by atomic mass is 32.2.